The first kappa shape index (κ1) is 13.9. The van der Waals surface area contributed by atoms with Gasteiger partial charge in [-0.2, -0.15) is 0 Å². The van der Waals surface area contributed by atoms with Gasteiger partial charge in [-0.3, -0.25) is 4.79 Å². The largest absolute Gasteiger partial charge is 0.461 e. The number of rotatable bonds is 2. The van der Waals surface area contributed by atoms with Gasteiger partial charge in [-0.25, -0.2) is 4.39 Å². The highest BCUT2D eigenvalue weighted by molar-refractivity contribution is 5.72. The lowest BCUT2D eigenvalue weighted by Gasteiger charge is -2.06. The monoisotopic (exact) mass is 293 g/mol. The molecule has 0 aliphatic carbocycles. The molecule has 0 unspecified atom stereocenters. The van der Waals surface area contributed by atoms with Gasteiger partial charge in [0.1, 0.15) is 22.9 Å². The number of furan rings is 1. The summed E-state index contributed by atoms with van der Waals surface area (Å²) in [6.07, 6.45) is 5.44. The van der Waals surface area contributed by atoms with E-state index in [4.69, 9.17) is 10.8 Å². The summed E-state index contributed by atoms with van der Waals surface area (Å²) in [5, 5.41) is 0. The second-order valence-corrected chi connectivity index (χ2v) is 4.86. The van der Waals surface area contributed by atoms with Gasteiger partial charge < -0.3 is 9.40 Å². The molecule has 3 rings (SSSR count). The van der Waals surface area contributed by atoms with Gasteiger partial charge in [0.05, 0.1) is 0 Å². The van der Waals surface area contributed by atoms with Crippen molar-refractivity contribution in [3.05, 3.63) is 70.0 Å². The summed E-state index contributed by atoms with van der Waals surface area (Å²) in [6.45, 7) is 1.81. The number of aryl methyl sites for hydroxylation is 1. The van der Waals surface area contributed by atoms with Crippen molar-refractivity contribution in [3.8, 4) is 34.9 Å². The minimum atomic E-state index is -0.381. The zero-order valence-electron chi connectivity index (χ0n) is 11.8. The van der Waals surface area contributed by atoms with E-state index in [0.29, 0.717) is 22.6 Å². The number of pyridine rings is 1. The minimum absolute atomic E-state index is 0.209. The van der Waals surface area contributed by atoms with Crippen LogP contribution >= 0.6 is 0 Å². The van der Waals surface area contributed by atoms with Crippen molar-refractivity contribution in [1.29, 1.82) is 0 Å². The van der Waals surface area contributed by atoms with Crippen molar-refractivity contribution in [1.82, 2.24) is 4.98 Å². The topological polar surface area (TPSA) is 46.0 Å². The van der Waals surface area contributed by atoms with Crippen LogP contribution < -0.4 is 5.56 Å². The molecule has 3 aromatic rings. The highest BCUT2D eigenvalue weighted by atomic mass is 19.1. The molecular weight excluding hydrogens is 281 g/mol. The number of H-pyrrole nitrogens is 1. The van der Waals surface area contributed by atoms with Gasteiger partial charge in [-0.15, -0.1) is 6.42 Å². The van der Waals surface area contributed by atoms with Crippen molar-refractivity contribution in [2.24, 2.45) is 0 Å². The first-order chi connectivity index (χ1) is 10.6. The van der Waals surface area contributed by atoms with E-state index in [2.05, 4.69) is 10.9 Å². The standard InChI is InChI=1S/C18H12FNO2/c1-3-14-15(17-9-4-11(2)22-17)10-16(20-18(14)21)12-5-7-13(19)8-6-12/h1,4-10H,2H3,(H,20,21). The third kappa shape index (κ3) is 2.45. The Morgan fingerprint density at radius 3 is 2.50 bits per heavy atom. The first-order valence-corrected chi connectivity index (χ1v) is 6.65. The van der Waals surface area contributed by atoms with Crippen LogP contribution in [0.4, 0.5) is 4.39 Å². The van der Waals surface area contributed by atoms with Crippen LogP contribution in [-0.4, -0.2) is 4.98 Å². The lowest BCUT2D eigenvalue weighted by molar-refractivity contribution is 0.548. The van der Waals surface area contributed by atoms with E-state index in [1.807, 2.05) is 6.92 Å². The van der Waals surface area contributed by atoms with Gasteiger partial charge in [0.15, 0.2) is 0 Å². The lowest BCUT2D eigenvalue weighted by atomic mass is 10.0. The Hall–Kier alpha value is -3.06. The normalized spacial score (nSPS) is 10.4. The molecule has 4 heteroatoms. The number of benzene rings is 1. The van der Waals surface area contributed by atoms with E-state index >= 15 is 0 Å². The van der Waals surface area contributed by atoms with E-state index < -0.39 is 0 Å². The van der Waals surface area contributed by atoms with Gasteiger partial charge in [0.25, 0.3) is 5.56 Å². The number of hydrogen-bond acceptors (Lipinski definition) is 2. The van der Waals surface area contributed by atoms with Gasteiger partial charge in [-0.05, 0) is 55.0 Å². The highest BCUT2D eigenvalue weighted by Gasteiger charge is 2.13. The SMILES string of the molecule is C#Cc1c(-c2ccc(C)o2)cc(-c2ccc(F)cc2)[nH]c1=O. The van der Waals surface area contributed by atoms with Crippen molar-refractivity contribution < 1.29 is 8.81 Å². The zero-order chi connectivity index (χ0) is 15.7. The Morgan fingerprint density at radius 2 is 1.91 bits per heavy atom. The predicted octanol–water partition coefficient (Wildman–Crippen LogP) is 3.73. The number of halogens is 1. The maximum absolute atomic E-state index is 13.0. The number of aromatic amines is 1. The Kier molecular flexibility index (Phi) is 3.40. The van der Waals surface area contributed by atoms with Crippen LogP contribution in [0.2, 0.25) is 0 Å². The summed E-state index contributed by atoms with van der Waals surface area (Å²) in [5.41, 5.74) is 1.60. The molecule has 3 nitrogen and oxygen atoms in total. The van der Waals surface area contributed by atoms with Gasteiger partial charge >= 0.3 is 0 Å². The molecule has 0 radical (unpaired) electrons. The fraction of sp³-hybridized carbons (Fsp3) is 0.0556. The fourth-order valence-electron chi connectivity index (χ4n) is 2.26. The average Bonchev–Trinajstić information content (AvgIpc) is 2.93. The van der Waals surface area contributed by atoms with Crippen LogP contribution in [0.3, 0.4) is 0 Å². The van der Waals surface area contributed by atoms with E-state index in [0.717, 1.165) is 5.76 Å². The lowest BCUT2D eigenvalue weighted by Crippen LogP contribution is -2.12. The van der Waals surface area contributed by atoms with Crippen LogP contribution in [0.1, 0.15) is 11.3 Å². The van der Waals surface area contributed by atoms with E-state index in [9.17, 15) is 9.18 Å². The molecule has 22 heavy (non-hydrogen) atoms. The summed E-state index contributed by atoms with van der Waals surface area (Å²) in [5.74, 6) is 3.31. The maximum Gasteiger partial charge on any atom is 0.264 e. The Bertz CT molecular complexity index is 927. The molecule has 0 bridgehead atoms. The Morgan fingerprint density at radius 1 is 1.18 bits per heavy atom. The summed E-state index contributed by atoms with van der Waals surface area (Å²) >= 11 is 0. The molecule has 0 aliphatic rings. The molecule has 2 heterocycles. The first-order valence-electron chi connectivity index (χ1n) is 6.65. The molecule has 1 aromatic carbocycles. The minimum Gasteiger partial charge on any atom is -0.461 e. The average molecular weight is 293 g/mol. The highest BCUT2D eigenvalue weighted by Crippen LogP contribution is 2.27. The van der Waals surface area contributed by atoms with Crippen molar-refractivity contribution >= 4 is 0 Å². The third-order valence-electron chi connectivity index (χ3n) is 3.34. The summed E-state index contributed by atoms with van der Waals surface area (Å²) in [7, 11) is 0. The van der Waals surface area contributed by atoms with E-state index in [1.54, 1.807) is 30.3 Å². The predicted molar refractivity (Wildman–Crippen MR) is 82.8 cm³/mol. The quantitative estimate of drug-likeness (QED) is 0.732. The van der Waals surface area contributed by atoms with Crippen LogP contribution in [0.25, 0.3) is 22.6 Å². The molecule has 2 aromatic heterocycles. The van der Waals surface area contributed by atoms with Crippen molar-refractivity contribution in [2.75, 3.05) is 0 Å². The molecule has 0 atom stereocenters. The third-order valence-corrected chi connectivity index (χ3v) is 3.34. The molecule has 0 saturated carbocycles. The molecule has 0 fully saturated rings. The molecule has 108 valence electrons. The number of nitrogens with one attached hydrogen (secondary N) is 1. The van der Waals surface area contributed by atoms with Gasteiger partial charge in [0.2, 0.25) is 0 Å². The smallest absolute Gasteiger partial charge is 0.264 e. The van der Waals surface area contributed by atoms with E-state index in [1.165, 1.54) is 12.1 Å². The van der Waals surface area contributed by atoms with Crippen molar-refractivity contribution in [2.45, 2.75) is 6.92 Å². The fourth-order valence-corrected chi connectivity index (χ4v) is 2.26. The van der Waals surface area contributed by atoms with Crippen LogP contribution in [-0.2, 0) is 0 Å². The zero-order valence-corrected chi connectivity index (χ0v) is 11.8. The molecule has 0 spiro atoms. The maximum atomic E-state index is 13.0. The van der Waals surface area contributed by atoms with E-state index in [-0.39, 0.29) is 16.9 Å². The van der Waals surface area contributed by atoms with Gasteiger partial charge in [0, 0.05) is 11.3 Å². The van der Waals surface area contributed by atoms with Crippen LogP contribution in [0, 0.1) is 25.1 Å². The number of aromatic nitrogens is 1. The molecule has 1 N–H and O–H groups in total. The van der Waals surface area contributed by atoms with Crippen molar-refractivity contribution in [3.63, 3.8) is 0 Å². The molecule has 0 saturated heterocycles. The summed E-state index contributed by atoms with van der Waals surface area (Å²) in [6, 6.07) is 11.1. The summed E-state index contributed by atoms with van der Waals surface area (Å²) in [4.78, 5) is 14.9. The molecule has 0 amide bonds. The molecule has 0 aliphatic heterocycles. The number of terminal acetylenes is 1. The van der Waals surface area contributed by atoms with Gasteiger partial charge in [-0.1, -0.05) is 5.92 Å². The molecular formula is C18H12FNO2. The number of hydrogen-bond donors (Lipinski definition) is 1. The Labute approximate surface area is 126 Å². The second-order valence-electron chi connectivity index (χ2n) is 4.86. The van der Waals surface area contributed by atoms with Crippen LogP contribution in [0.15, 0.2) is 51.7 Å². The Balaban J connectivity index is 2.23. The summed E-state index contributed by atoms with van der Waals surface area (Å²) < 4.78 is 18.6. The second kappa shape index (κ2) is 5.38. The van der Waals surface area contributed by atoms with Crippen LogP contribution in [0.5, 0.6) is 0 Å².